The van der Waals surface area contributed by atoms with Gasteiger partial charge in [0.2, 0.25) is 0 Å². The van der Waals surface area contributed by atoms with Crippen LogP contribution in [0.1, 0.15) is 50.8 Å². The number of pyridine rings is 1. The van der Waals surface area contributed by atoms with Crippen molar-refractivity contribution in [1.82, 2.24) is 4.57 Å². The minimum absolute atomic E-state index is 0.0616. The molecule has 1 aromatic heterocycles. The second kappa shape index (κ2) is 9.58. The van der Waals surface area contributed by atoms with Gasteiger partial charge in [-0.15, -0.1) is 0 Å². The fourth-order valence-corrected chi connectivity index (χ4v) is 3.75. The van der Waals surface area contributed by atoms with Gasteiger partial charge >= 0.3 is 0 Å². The largest absolute Gasteiger partial charge is 0.309 e. The summed E-state index contributed by atoms with van der Waals surface area (Å²) in [6.45, 7) is 11.2. The van der Waals surface area contributed by atoms with E-state index >= 15 is 0 Å². The summed E-state index contributed by atoms with van der Waals surface area (Å²) in [5, 5.41) is 1.13. The highest BCUT2D eigenvalue weighted by Crippen LogP contribution is 2.30. The van der Waals surface area contributed by atoms with E-state index in [0.717, 1.165) is 28.5 Å². The number of benzene rings is 2. The normalized spacial score (nSPS) is 13.2. The van der Waals surface area contributed by atoms with Crippen molar-refractivity contribution in [3.05, 3.63) is 105 Å². The van der Waals surface area contributed by atoms with Gasteiger partial charge in [-0.3, -0.25) is 4.79 Å². The molecule has 3 rings (SSSR count). The molecule has 0 saturated carbocycles. The predicted octanol–water partition coefficient (Wildman–Crippen LogP) is 7.17. The monoisotopic (exact) mass is 397 g/mol. The lowest BCUT2D eigenvalue weighted by molar-refractivity contribution is 0.758. The molecule has 30 heavy (non-hydrogen) atoms. The van der Waals surface area contributed by atoms with Crippen molar-refractivity contribution in [2.75, 3.05) is 0 Å². The number of aromatic nitrogens is 1. The second-order valence-corrected chi connectivity index (χ2v) is 7.77. The van der Waals surface area contributed by atoms with Crippen LogP contribution in [0.5, 0.6) is 0 Å². The van der Waals surface area contributed by atoms with Crippen molar-refractivity contribution in [3.63, 3.8) is 0 Å². The molecular formula is C28H31NO. The number of allylic oxidation sites excluding steroid dienone is 6. The van der Waals surface area contributed by atoms with Crippen LogP contribution in [0.2, 0.25) is 0 Å². The summed E-state index contributed by atoms with van der Waals surface area (Å²) in [6, 6.07) is 18.7. The molecule has 0 aliphatic rings. The number of aryl methyl sites for hydroxylation is 2. The van der Waals surface area contributed by atoms with Crippen molar-refractivity contribution in [2.45, 2.75) is 47.6 Å². The van der Waals surface area contributed by atoms with E-state index in [1.54, 1.807) is 6.07 Å². The Morgan fingerprint density at radius 1 is 0.967 bits per heavy atom. The van der Waals surface area contributed by atoms with Gasteiger partial charge in [0.05, 0.1) is 5.52 Å². The lowest BCUT2D eigenvalue weighted by Crippen LogP contribution is -2.19. The quantitative estimate of drug-likeness (QED) is 0.319. The van der Waals surface area contributed by atoms with E-state index < -0.39 is 0 Å². The molecule has 0 atom stereocenters. The van der Waals surface area contributed by atoms with E-state index in [2.05, 4.69) is 81.5 Å². The highest BCUT2D eigenvalue weighted by Gasteiger charge is 2.10. The molecule has 0 aliphatic heterocycles. The van der Waals surface area contributed by atoms with E-state index in [4.69, 9.17) is 0 Å². The van der Waals surface area contributed by atoms with Gasteiger partial charge in [0.25, 0.3) is 5.56 Å². The van der Waals surface area contributed by atoms with Gasteiger partial charge in [-0.1, -0.05) is 67.1 Å². The molecule has 0 fully saturated rings. The third-order valence-corrected chi connectivity index (χ3v) is 5.76. The number of hydrogen-bond donors (Lipinski definition) is 0. The Morgan fingerprint density at radius 3 is 2.37 bits per heavy atom. The minimum atomic E-state index is 0.0616. The molecule has 2 nitrogen and oxygen atoms in total. The number of fused-ring (bicyclic) bond motifs is 1. The molecular weight excluding hydrogens is 366 g/mol. The van der Waals surface area contributed by atoms with Crippen molar-refractivity contribution in [1.29, 1.82) is 0 Å². The van der Waals surface area contributed by atoms with Crippen molar-refractivity contribution in [3.8, 4) is 0 Å². The summed E-state index contributed by atoms with van der Waals surface area (Å²) >= 11 is 0. The zero-order valence-electron chi connectivity index (χ0n) is 18.7. The van der Waals surface area contributed by atoms with Crippen LogP contribution in [0, 0.1) is 6.92 Å². The van der Waals surface area contributed by atoms with Gasteiger partial charge in [-0.25, -0.2) is 0 Å². The van der Waals surface area contributed by atoms with Gasteiger partial charge in [0, 0.05) is 18.0 Å². The van der Waals surface area contributed by atoms with E-state index in [-0.39, 0.29) is 5.56 Å². The Balaban J connectivity index is 2.23. The first-order valence-corrected chi connectivity index (χ1v) is 10.7. The Bertz CT molecular complexity index is 1190. The lowest BCUT2D eigenvalue weighted by atomic mass is 9.93. The lowest BCUT2D eigenvalue weighted by Gasteiger charge is -2.14. The van der Waals surface area contributed by atoms with E-state index in [1.807, 2.05) is 24.5 Å². The van der Waals surface area contributed by atoms with Crippen LogP contribution in [0.4, 0.5) is 0 Å². The molecule has 2 heteroatoms. The average Bonchev–Trinajstić information content (AvgIpc) is 2.77. The summed E-state index contributed by atoms with van der Waals surface area (Å²) in [5.74, 6) is 0. The van der Waals surface area contributed by atoms with Gasteiger partial charge in [0.1, 0.15) is 0 Å². The number of nitrogens with zero attached hydrogens (tertiary/aromatic N) is 1. The van der Waals surface area contributed by atoms with Crippen LogP contribution < -0.4 is 5.56 Å². The molecule has 1 heterocycles. The topological polar surface area (TPSA) is 22.0 Å². The van der Waals surface area contributed by atoms with Gasteiger partial charge < -0.3 is 4.57 Å². The van der Waals surface area contributed by atoms with Gasteiger partial charge in [-0.2, -0.15) is 0 Å². The van der Waals surface area contributed by atoms with Crippen LogP contribution in [0.25, 0.3) is 22.0 Å². The third-order valence-electron chi connectivity index (χ3n) is 5.76. The summed E-state index contributed by atoms with van der Waals surface area (Å²) in [7, 11) is 0. The zero-order valence-corrected chi connectivity index (χ0v) is 18.7. The maximum Gasteiger partial charge on any atom is 0.251 e. The first-order chi connectivity index (χ1) is 14.5. The molecule has 0 spiro atoms. The predicted molar refractivity (Wildman–Crippen MR) is 131 cm³/mol. The average molecular weight is 398 g/mol. The first kappa shape index (κ1) is 21.6. The molecule has 2 aromatic carbocycles. The minimum Gasteiger partial charge on any atom is -0.309 e. The van der Waals surface area contributed by atoms with E-state index in [0.29, 0.717) is 6.54 Å². The van der Waals surface area contributed by atoms with E-state index in [1.165, 1.54) is 22.3 Å². The van der Waals surface area contributed by atoms with Crippen LogP contribution in [0.3, 0.4) is 0 Å². The Labute approximate surface area is 179 Å². The van der Waals surface area contributed by atoms with Gasteiger partial charge in [0.15, 0.2) is 0 Å². The highest BCUT2D eigenvalue weighted by atomic mass is 16.1. The fourth-order valence-electron chi connectivity index (χ4n) is 3.75. The smallest absolute Gasteiger partial charge is 0.251 e. The fraction of sp³-hybridized carbons (Fsp3) is 0.250. The summed E-state index contributed by atoms with van der Waals surface area (Å²) in [4.78, 5) is 12.4. The zero-order chi connectivity index (χ0) is 21.7. The van der Waals surface area contributed by atoms with Crippen LogP contribution in [-0.4, -0.2) is 4.57 Å². The van der Waals surface area contributed by atoms with Crippen LogP contribution in [0.15, 0.2) is 83.2 Å². The highest BCUT2D eigenvalue weighted by molar-refractivity contribution is 5.97. The van der Waals surface area contributed by atoms with Gasteiger partial charge in [-0.05, 0) is 74.1 Å². The molecule has 0 N–H and O–H groups in total. The standard InChI is InChI=1S/C28H31NO/c1-6-20(3)12-11-15-25(22(5)23-13-9-8-10-14-23)24-16-17-27-26(19-24)21(4)18-28(30)29(27)7-2/h8-19H,6-7H2,1-5H3/b15-11-,20-12+,25-22-. The molecule has 0 saturated heterocycles. The second-order valence-electron chi connectivity index (χ2n) is 7.77. The van der Waals surface area contributed by atoms with Crippen LogP contribution >= 0.6 is 0 Å². The van der Waals surface area contributed by atoms with Crippen LogP contribution in [-0.2, 0) is 6.54 Å². The maximum absolute atomic E-state index is 12.4. The summed E-state index contributed by atoms with van der Waals surface area (Å²) in [6.07, 6.45) is 7.57. The molecule has 0 aliphatic carbocycles. The number of hydrogen-bond acceptors (Lipinski definition) is 1. The van der Waals surface area contributed by atoms with Crippen molar-refractivity contribution >= 4 is 22.0 Å². The Hall–Kier alpha value is -3.13. The summed E-state index contributed by atoms with van der Waals surface area (Å²) < 4.78 is 1.84. The molecule has 154 valence electrons. The van der Waals surface area contributed by atoms with Crippen molar-refractivity contribution in [2.24, 2.45) is 0 Å². The SMILES string of the molecule is CC/C(C)=C/C=C\C(=C(/C)c1ccccc1)c1ccc2c(c1)c(C)cc(=O)n2CC. The van der Waals surface area contributed by atoms with Crippen molar-refractivity contribution < 1.29 is 0 Å². The first-order valence-electron chi connectivity index (χ1n) is 10.7. The maximum atomic E-state index is 12.4. The molecule has 0 unspecified atom stereocenters. The summed E-state index contributed by atoms with van der Waals surface area (Å²) in [5.41, 5.74) is 8.22. The molecule has 0 bridgehead atoms. The molecule has 0 radical (unpaired) electrons. The number of rotatable bonds is 6. The molecule has 0 amide bonds. The molecule has 3 aromatic rings. The Morgan fingerprint density at radius 2 is 1.70 bits per heavy atom. The Kier molecular flexibility index (Phi) is 6.89. The third kappa shape index (κ3) is 4.54. The van der Waals surface area contributed by atoms with E-state index in [9.17, 15) is 4.79 Å².